The van der Waals surface area contributed by atoms with E-state index in [1.165, 1.54) is 17.0 Å². The summed E-state index contributed by atoms with van der Waals surface area (Å²) in [7, 11) is -3.89. The van der Waals surface area contributed by atoms with Gasteiger partial charge < -0.3 is 19.1 Å². The Morgan fingerprint density at radius 3 is 2.22 bits per heavy atom. The van der Waals surface area contributed by atoms with Gasteiger partial charge in [-0.2, -0.15) is 13.2 Å². The number of hydrogen-bond donors (Lipinski definition) is 1. The van der Waals surface area contributed by atoms with Crippen molar-refractivity contribution in [2.45, 2.75) is 72.3 Å². The van der Waals surface area contributed by atoms with Gasteiger partial charge in [0.25, 0.3) is 0 Å². The predicted octanol–water partition coefficient (Wildman–Crippen LogP) is 6.31. The third-order valence-corrected chi connectivity index (χ3v) is 7.59. The molecule has 2 amide bonds. The number of nitrogens with zero attached hydrogens (tertiary/aromatic N) is 1. The number of hydrogen-bond acceptors (Lipinski definition) is 5. The highest BCUT2D eigenvalue weighted by Gasteiger charge is 2.62. The average Bonchev–Trinajstić information content (AvgIpc) is 2.94. The van der Waals surface area contributed by atoms with E-state index in [-0.39, 0.29) is 18.9 Å². The van der Waals surface area contributed by atoms with Crippen molar-refractivity contribution < 1.29 is 36.3 Å². The molecule has 0 aromatic heterocycles. The van der Waals surface area contributed by atoms with Crippen LogP contribution in [0.5, 0.6) is 0 Å². The number of urea groups is 1. The highest BCUT2D eigenvalue weighted by molar-refractivity contribution is 7.54. The second-order valence-corrected chi connectivity index (χ2v) is 11.2. The first-order valence-corrected chi connectivity index (χ1v) is 12.0. The van der Waals surface area contributed by atoms with Crippen molar-refractivity contribution in [2.24, 2.45) is 5.41 Å². The fourth-order valence-electron chi connectivity index (χ4n) is 3.71. The molecule has 1 aromatic carbocycles. The van der Waals surface area contributed by atoms with Crippen molar-refractivity contribution in [2.75, 3.05) is 18.5 Å². The summed E-state index contributed by atoms with van der Waals surface area (Å²) in [5, 5.41) is 2.50. The van der Waals surface area contributed by atoms with Gasteiger partial charge in [0.15, 0.2) is 5.78 Å². The van der Waals surface area contributed by atoms with Crippen LogP contribution in [-0.2, 0) is 24.5 Å². The number of carbonyl (C=O) groups is 1. The maximum absolute atomic E-state index is 13.8. The molecular formula is C21H32F3N2O5P. The topological polar surface area (TPSA) is 77.1 Å². The van der Waals surface area contributed by atoms with Crippen LogP contribution < -0.4 is 5.32 Å². The molecule has 7 nitrogen and oxygen atoms in total. The monoisotopic (exact) mass is 480 g/mol. The van der Waals surface area contributed by atoms with E-state index >= 15 is 0 Å². The fraction of sp³-hybridized carbons (Fsp3) is 0.667. The Balaban J connectivity index is 2.52. The van der Waals surface area contributed by atoms with Crippen LogP contribution in [0.15, 0.2) is 24.3 Å². The SMILES string of the molecule is CCOP(=O)(OCC)C1N(C(=O)Nc2cccc(C(F)(F)F)c2)C(C(C)(C)C)OC1(C)C. The Bertz CT molecular complexity index is 860. The van der Waals surface area contributed by atoms with E-state index in [2.05, 4.69) is 5.32 Å². The van der Waals surface area contributed by atoms with Crippen LogP contribution in [-0.4, -0.2) is 41.8 Å². The first-order valence-electron chi connectivity index (χ1n) is 10.4. The number of amides is 2. The molecule has 32 heavy (non-hydrogen) atoms. The Kier molecular flexibility index (Phi) is 7.77. The highest BCUT2D eigenvalue weighted by Crippen LogP contribution is 2.62. The van der Waals surface area contributed by atoms with E-state index in [0.717, 1.165) is 12.1 Å². The summed E-state index contributed by atoms with van der Waals surface area (Å²) < 4.78 is 70.3. The molecule has 11 heteroatoms. The zero-order valence-corrected chi connectivity index (χ0v) is 20.3. The van der Waals surface area contributed by atoms with Crippen molar-refractivity contribution in [1.82, 2.24) is 4.90 Å². The number of halogens is 3. The van der Waals surface area contributed by atoms with Gasteiger partial charge in [-0.25, -0.2) is 4.79 Å². The average molecular weight is 480 g/mol. The van der Waals surface area contributed by atoms with E-state index in [4.69, 9.17) is 13.8 Å². The maximum Gasteiger partial charge on any atom is 0.416 e. The minimum Gasteiger partial charge on any atom is -0.349 e. The normalized spacial score (nSPS) is 21.6. The molecule has 1 aliphatic heterocycles. The summed E-state index contributed by atoms with van der Waals surface area (Å²) in [4.78, 5) is 14.6. The van der Waals surface area contributed by atoms with Gasteiger partial charge in [0, 0.05) is 11.1 Å². The molecule has 0 radical (unpaired) electrons. The molecule has 1 saturated heterocycles. The van der Waals surface area contributed by atoms with E-state index in [1.807, 2.05) is 20.8 Å². The van der Waals surface area contributed by atoms with Crippen molar-refractivity contribution in [3.05, 3.63) is 29.8 Å². The molecule has 1 aromatic rings. The molecule has 0 bridgehead atoms. The molecule has 2 atom stereocenters. The molecular weight excluding hydrogens is 448 g/mol. The fourth-order valence-corrected chi connectivity index (χ4v) is 6.14. The third-order valence-electron chi connectivity index (χ3n) is 4.89. The number of alkyl halides is 3. The highest BCUT2D eigenvalue weighted by atomic mass is 31.2. The summed E-state index contributed by atoms with van der Waals surface area (Å²) >= 11 is 0. The summed E-state index contributed by atoms with van der Waals surface area (Å²) in [5.74, 6) is -1.12. The largest absolute Gasteiger partial charge is 0.416 e. The number of nitrogens with one attached hydrogen (secondary N) is 1. The van der Waals surface area contributed by atoms with Gasteiger partial charge in [-0.15, -0.1) is 0 Å². The lowest BCUT2D eigenvalue weighted by atomic mass is 9.93. The zero-order valence-electron chi connectivity index (χ0n) is 19.4. The number of carbonyl (C=O) groups excluding carboxylic acids is 1. The predicted molar refractivity (Wildman–Crippen MR) is 115 cm³/mol. The lowest BCUT2D eigenvalue weighted by molar-refractivity contribution is -0.137. The van der Waals surface area contributed by atoms with Gasteiger partial charge in [-0.1, -0.05) is 26.8 Å². The van der Waals surface area contributed by atoms with Crippen LogP contribution >= 0.6 is 7.60 Å². The Morgan fingerprint density at radius 1 is 1.19 bits per heavy atom. The quantitative estimate of drug-likeness (QED) is 0.483. The van der Waals surface area contributed by atoms with E-state index in [0.29, 0.717) is 0 Å². The van der Waals surface area contributed by atoms with Crippen LogP contribution in [0.1, 0.15) is 54.0 Å². The zero-order chi connectivity index (χ0) is 24.5. The molecule has 0 saturated carbocycles. The number of ether oxygens (including phenoxy) is 1. The molecule has 1 heterocycles. The van der Waals surface area contributed by atoms with Crippen molar-refractivity contribution in [1.29, 1.82) is 0 Å². The first kappa shape index (κ1) is 26.6. The van der Waals surface area contributed by atoms with Crippen molar-refractivity contribution in [3.8, 4) is 0 Å². The third kappa shape index (κ3) is 5.65. The minimum atomic E-state index is -4.56. The first-order chi connectivity index (χ1) is 14.6. The van der Waals surface area contributed by atoms with E-state index in [9.17, 15) is 22.5 Å². The standard InChI is InChI=1S/C21H32F3N2O5P/c1-8-29-32(28,30-9-2)17-20(6,7)31-16(19(3,4)5)26(17)18(27)25-15-12-10-11-14(13-15)21(22,23)24/h10-13,16-17H,8-9H2,1-7H3,(H,25,27). The number of benzene rings is 1. The van der Waals surface area contributed by atoms with Crippen LogP contribution in [0, 0.1) is 5.41 Å². The minimum absolute atomic E-state index is 0.0522. The number of anilines is 1. The van der Waals surface area contributed by atoms with Gasteiger partial charge >= 0.3 is 19.8 Å². The van der Waals surface area contributed by atoms with Crippen LogP contribution in [0.4, 0.5) is 23.7 Å². The van der Waals surface area contributed by atoms with Gasteiger partial charge in [0.2, 0.25) is 0 Å². The lowest BCUT2D eigenvalue weighted by Gasteiger charge is -2.38. The van der Waals surface area contributed by atoms with E-state index in [1.54, 1.807) is 27.7 Å². The summed E-state index contributed by atoms with van der Waals surface area (Å²) in [5.41, 5.74) is -2.68. The second-order valence-electron chi connectivity index (χ2n) is 9.10. The van der Waals surface area contributed by atoms with Gasteiger partial charge in [0.1, 0.15) is 6.23 Å². The molecule has 182 valence electrons. The summed E-state index contributed by atoms with van der Waals surface area (Å²) in [6.07, 6.45) is -5.40. The van der Waals surface area contributed by atoms with Gasteiger partial charge in [-0.3, -0.25) is 9.46 Å². The summed E-state index contributed by atoms with van der Waals surface area (Å²) in [6.45, 7) is 12.3. The van der Waals surface area contributed by atoms with Crippen molar-refractivity contribution in [3.63, 3.8) is 0 Å². The second kappa shape index (κ2) is 9.33. The van der Waals surface area contributed by atoms with Crippen LogP contribution in [0.2, 0.25) is 0 Å². The van der Waals surface area contributed by atoms with Gasteiger partial charge in [-0.05, 0) is 45.9 Å². The molecule has 2 rings (SSSR count). The molecule has 1 fully saturated rings. The molecule has 0 spiro atoms. The van der Waals surface area contributed by atoms with Crippen LogP contribution in [0.3, 0.4) is 0 Å². The molecule has 0 aliphatic carbocycles. The summed E-state index contributed by atoms with van der Waals surface area (Å²) in [6, 6.07) is 3.54. The van der Waals surface area contributed by atoms with Crippen molar-refractivity contribution >= 4 is 19.3 Å². The van der Waals surface area contributed by atoms with E-state index < -0.39 is 48.4 Å². The molecule has 2 unspecified atom stereocenters. The number of rotatable bonds is 6. The molecule has 1 aliphatic rings. The van der Waals surface area contributed by atoms with Crippen LogP contribution in [0.25, 0.3) is 0 Å². The van der Waals surface area contributed by atoms with Gasteiger partial charge in [0.05, 0.1) is 24.4 Å². The Hall–Kier alpha value is -1.61. The Labute approximate surface area is 187 Å². The molecule has 1 N–H and O–H groups in total. The maximum atomic E-state index is 13.8. The lowest BCUT2D eigenvalue weighted by Crippen LogP contribution is -2.51. The smallest absolute Gasteiger partial charge is 0.349 e. The Morgan fingerprint density at radius 2 is 1.75 bits per heavy atom.